The molecular weight excluding hydrogens is 488 g/mol. The first-order valence-electron chi connectivity index (χ1n) is 16.6. The van der Waals surface area contributed by atoms with E-state index in [-0.39, 0.29) is 11.9 Å². The Hall–Kier alpha value is -1.14. The monoisotopic (exact) mass is 557 g/mol. The first-order valence-corrected chi connectivity index (χ1v) is 16.6. The zero-order chi connectivity index (χ0) is 29.2. The Bertz CT molecular complexity index is 542. The SMILES string of the molecule is CCCCCCCC[N+](C)(C)CCOC(=O)CCCCCCCC(=O)OCC[N+](C)(C)CCCCCCCC. The van der Waals surface area contributed by atoms with Crippen LogP contribution in [-0.2, 0) is 19.1 Å². The van der Waals surface area contributed by atoms with Crippen molar-refractivity contribution in [1.82, 2.24) is 0 Å². The van der Waals surface area contributed by atoms with E-state index >= 15 is 0 Å². The number of hydrogen-bond donors (Lipinski definition) is 0. The van der Waals surface area contributed by atoms with Crippen LogP contribution in [0.3, 0.4) is 0 Å². The fraction of sp³-hybridized carbons (Fsp3) is 0.939. The lowest BCUT2D eigenvalue weighted by Crippen LogP contribution is -2.43. The predicted octanol–water partition coefficient (Wildman–Crippen LogP) is 7.68. The minimum atomic E-state index is -0.0732. The van der Waals surface area contributed by atoms with E-state index in [4.69, 9.17) is 9.47 Å². The van der Waals surface area contributed by atoms with Crippen LogP contribution in [-0.4, -0.2) is 88.5 Å². The Labute approximate surface area is 243 Å². The molecule has 0 amide bonds. The molecular formula is C33H68N2O4+2. The molecule has 0 saturated carbocycles. The third-order valence-corrected chi connectivity index (χ3v) is 7.92. The third-order valence-electron chi connectivity index (χ3n) is 7.92. The van der Waals surface area contributed by atoms with E-state index in [2.05, 4.69) is 42.0 Å². The number of carbonyl (C=O) groups excluding carboxylic acids is 2. The highest BCUT2D eigenvalue weighted by Crippen LogP contribution is 2.11. The molecule has 0 N–H and O–H groups in total. The average Bonchev–Trinajstić information content (AvgIpc) is 2.87. The Balaban J connectivity index is 3.63. The third kappa shape index (κ3) is 26.8. The van der Waals surface area contributed by atoms with Gasteiger partial charge in [-0.05, 0) is 38.5 Å². The molecule has 0 bridgehead atoms. The molecule has 0 aliphatic carbocycles. The van der Waals surface area contributed by atoms with Crippen LogP contribution in [0.1, 0.15) is 136 Å². The molecule has 0 unspecified atom stereocenters. The molecule has 6 heteroatoms. The molecule has 0 heterocycles. The lowest BCUT2D eigenvalue weighted by molar-refractivity contribution is -0.890. The van der Waals surface area contributed by atoms with Gasteiger partial charge >= 0.3 is 11.9 Å². The summed E-state index contributed by atoms with van der Waals surface area (Å²) in [6.07, 6.45) is 21.6. The second-order valence-corrected chi connectivity index (χ2v) is 13.0. The highest BCUT2D eigenvalue weighted by atomic mass is 16.5. The van der Waals surface area contributed by atoms with Gasteiger partial charge in [0.15, 0.2) is 0 Å². The molecule has 0 fully saturated rings. The van der Waals surface area contributed by atoms with Crippen LogP contribution in [0.25, 0.3) is 0 Å². The van der Waals surface area contributed by atoms with Gasteiger partial charge in [-0.1, -0.05) is 84.5 Å². The zero-order valence-electron chi connectivity index (χ0n) is 27.2. The largest absolute Gasteiger partial charge is 0.460 e. The van der Waals surface area contributed by atoms with Gasteiger partial charge in [0.05, 0.1) is 41.3 Å². The van der Waals surface area contributed by atoms with Crippen molar-refractivity contribution in [1.29, 1.82) is 0 Å². The van der Waals surface area contributed by atoms with Gasteiger partial charge in [0.25, 0.3) is 0 Å². The van der Waals surface area contributed by atoms with Crippen molar-refractivity contribution in [3.63, 3.8) is 0 Å². The number of quaternary nitrogens is 2. The Kier molecular flexibility index (Phi) is 23.9. The van der Waals surface area contributed by atoms with Crippen LogP contribution >= 0.6 is 0 Å². The fourth-order valence-electron chi connectivity index (χ4n) is 4.89. The minimum absolute atomic E-state index is 0.0732. The smallest absolute Gasteiger partial charge is 0.305 e. The molecule has 0 aliphatic rings. The van der Waals surface area contributed by atoms with Crippen LogP contribution in [0.4, 0.5) is 0 Å². The molecule has 0 aromatic heterocycles. The molecule has 39 heavy (non-hydrogen) atoms. The van der Waals surface area contributed by atoms with E-state index in [1.54, 1.807) is 0 Å². The molecule has 0 atom stereocenters. The molecule has 0 rings (SSSR count). The first kappa shape index (κ1) is 37.9. The summed E-state index contributed by atoms with van der Waals surface area (Å²) in [6.45, 7) is 9.59. The van der Waals surface area contributed by atoms with Crippen molar-refractivity contribution in [2.24, 2.45) is 0 Å². The lowest BCUT2D eigenvalue weighted by atomic mass is 10.1. The van der Waals surface area contributed by atoms with E-state index < -0.39 is 0 Å². The van der Waals surface area contributed by atoms with Gasteiger partial charge in [-0.2, -0.15) is 0 Å². The molecule has 6 nitrogen and oxygen atoms in total. The zero-order valence-corrected chi connectivity index (χ0v) is 27.2. The first-order chi connectivity index (χ1) is 18.6. The second kappa shape index (κ2) is 24.6. The van der Waals surface area contributed by atoms with Crippen LogP contribution in [0.2, 0.25) is 0 Å². The van der Waals surface area contributed by atoms with E-state index in [1.807, 2.05) is 0 Å². The van der Waals surface area contributed by atoms with Crippen molar-refractivity contribution in [2.75, 3.05) is 67.6 Å². The number of likely N-dealkylation sites (N-methyl/N-ethyl adjacent to an activating group) is 2. The van der Waals surface area contributed by atoms with E-state index in [1.165, 1.54) is 77.0 Å². The number of ether oxygens (including phenoxy) is 2. The van der Waals surface area contributed by atoms with Gasteiger partial charge < -0.3 is 18.4 Å². The summed E-state index contributed by atoms with van der Waals surface area (Å²) in [4.78, 5) is 24.1. The highest BCUT2D eigenvalue weighted by molar-refractivity contribution is 5.69. The number of nitrogens with zero attached hydrogens (tertiary/aromatic N) is 2. The maximum Gasteiger partial charge on any atom is 0.305 e. The standard InChI is InChI=1S/C33H68N2O4/c1-7-9-11-13-18-22-26-34(3,4)28-30-38-32(36)24-20-16-15-17-21-25-33(37)39-31-29-35(5,6)27-23-19-14-12-10-8-2/h7-31H2,1-6H3/q+2. The number of rotatable bonds is 28. The topological polar surface area (TPSA) is 52.6 Å². The Morgan fingerprint density at radius 3 is 1.10 bits per heavy atom. The molecule has 0 radical (unpaired) electrons. The van der Waals surface area contributed by atoms with Crippen LogP contribution in [0.5, 0.6) is 0 Å². The summed E-state index contributed by atoms with van der Waals surface area (Å²) < 4.78 is 12.8. The van der Waals surface area contributed by atoms with Crippen molar-refractivity contribution in [3.8, 4) is 0 Å². The molecule has 0 aliphatic heterocycles. The number of carbonyl (C=O) groups is 2. The number of hydrogen-bond acceptors (Lipinski definition) is 4. The maximum atomic E-state index is 12.1. The normalized spacial score (nSPS) is 12.1. The van der Waals surface area contributed by atoms with E-state index in [0.29, 0.717) is 26.1 Å². The maximum absolute atomic E-state index is 12.1. The van der Waals surface area contributed by atoms with Crippen LogP contribution in [0, 0.1) is 0 Å². The van der Waals surface area contributed by atoms with Gasteiger partial charge in [0.1, 0.15) is 26.3 Å². The van der Waals surface area contributed by atoms with Gasteiger partial charge in [0, 0.05) is 12.8 Å². The summed E-state index contributed by atoms with van der Waals surface area (Å²) in [5.74, 6) is -0.146. The van der Waals surface area contributed by atoms with Crippen molar-refractivity contribution < 1.29 is 28.0 Å². The molecule has 0 aromatic carbocycles. The molecule has 0 spiro atoms. The van der Waals surface area contributed by atoms with Gasteiger partial charge in [-0.3, -0.25) is 9.59 Å². The van der Waals surface area contributed by atoms with Crippen molar-refractivity contribution >= 4 is 11.9 Å². The summed E-state index contributed by atoms with van der Waals surface area (Å²) in [7, 11) is 8.92. The van der Waals surface area contributed by atoms with Gasteiger partial charge in [-0.25, -0.2) is 0 Å². The summed E-state index contributed by atoms with van der Waals surface area (Å²) in [5.41, 5.74) is 0. The van der Waals surface area contributed by atoms with Gasteiger partial charge in [-0.15, -0.1) is 0 Å². The summed E-state index contributed by atoms with van der Waals surface area (Å²) in [5, 5.41) is 0. The molecule has 232 valence electrons. The van der Waals surface area contributed by atoms with Crippen molar-refractivity contribution in [3.05, 3.63) is 0 Å². The second-order valence-electron chi connectivity index (χ2n) is 13.0. The molecule has 0 aromatic rings. The van der Waals surface area contributed by atoms with E-state index in [9.17, 15) is 9.59 Å². The van der Waals surface area contributed by atoms with Crippen LogP contribution in [0.15, 0.2) is 0 Å². The summed E-state index contributed by atoms with van der Waals surface area (Å²) >= 11 is 0. The summed E-state index contributed by atoms with van der Waals surface area (Å²) in [6, 6.07) is 0. The lowest BCUT2D eigenvalue weighted by Gasteiger charge is -2.29. The number of unbranched alkanes of at least 4 members (excludes halogenated alkanes) is 14. The van der Waals surface area contributed by atoms with Gasteiger partial charge in [0.2, 0.25) is 0 Å². The van der Waals surface area contributed by atoms with Crippen molar-refractivity contribution in [2.45, 2.75) is 136 Å². The average molecular weight is 557 g/mol. The quantitative estimate of drug-likeness (QED) is 0.0563. The Morgan fingerprint density at radius 2 is 0.744 bits per heavy atom. The number of esters is 2. The van der Waals surface area contributed by atoms with E-state index in [0.717, 1.165) is 67.2 Å². The highest BCUT2D eigenvalue weighted by Gasteiger charge is 2.16. The molecule has 0 saturated heterocycles. The van der Waals surface area contributed by atoms with Crippen LogP contribution < -0.4 is 0 Å². The predicted molar refractivity (Wildman–Crippen MR) is 165 cm³/mol. The fourth-order valence-corrected chi connectivity index (χ4v) is 4.89. The Morgan fingerprint density at radius 1 is 0.436 bits per heavy atom. The minimum Gasteiger partial charge on any atom is -0.460 e.